The van der Waals surface area contributed by atoms with Gasteiger partial charge in [-0.1, -0.05) is 0 Å². The second-order valence-corrected chi connectivity index (χ2v) is 9.86. The summed E-state index contributed by atoms with van der Waals surface area (Å²) in [5, 5.41) is 2.72. The van der Waals surface area contributed by atoms with Crippen LogP contribution in [0.3, 0.4) is 0 Å². The zero-order valence-corrected chi connectivity index (χ0v) is 18.6. The first kappa shape index (κ1) is 20.8. The molecule has 4 rings (SSSR count). The lowest BCUT2D eigenvalue weighted by molar-refractivity contribution is -0.139. The molecule has 2 aromatic rings. The van der Waals surface area contributed by atoms with Crippen LogP contribution >= 0.6 is 27.3 Å². The van der Waals surface area contributed by atoms with Gasteiger partial charge in [0, 0.05) is 36.7 Å². The summed E-state index contributed by atoms with van der Waals surface area (Å²) in [6.07, 6.45) is 0. The predicted molar refractivity (Wildman–Crippen MR) is 115 cm³/mol. The molecule has 0 bridgehead atoms. The number of hydrogen-bond donors (Lipinski definition) is 1. The van der Waals surface area contributed by atoms with Crippen LogP contribution in [-0.4, -0.2) is 60.4 Å². The maximum Gasteiger partial charge on any atom is 0.325 e. The van der Waals surface area contributed by atoms with Crippen molar-refractivity contribution in [2.24, 2.45) is 0 Å². The van der Waals surface area contributed by atoms with Gasteiger partial charge in [-0.05, 0) is 59.3 Å². The fraction of sp³-hybridized carbons (Fsp3) is 0.350. The molecule has 0 radical (unpaired) electrons. The van der Waals surface area contributed by atoms with E-state index in [1.54, 1.807) is 30.0 Å². The van der Waals surface area contributed by atoms with Crippen molar-refractivity contribution in [2.75, 3.05) is 37.6 Å². The molecule has 1 aromatic heterocycles. The molecule has 1 N–H and O–H groups in total. The van der Waals surface area contributed by atoms with Gasteiger partial charge in [0.2, 0.25) is 5.91 Å². The Morgan fingerprint density at radius 2 is 1.80 bits per heavy atom. The Labute approximate surface area is 185 Å². The first-order valence-electron chi connectivity index (χ1n) is 9.46. The Morgan fingerprint density at radius 3 is 2.40 bits per heavy atom. The highest BCUT2D eigenvalue weighted by atomic mass is 79.9. The van der Waals surface area contributed by atoms with Crippen LogP contribution in [0.5, 0.6) is 0 Å². The molecule has 10 heteroatoms. The summed E-state index contributed by atoms with van der Waals surface area (Å²) < 4.78 is 14.0. The summed E-state index contributed by atoms with van der Waals surface area (Å²) in [7, 11) is 0. The number of hydrogen-bond acceptors (Lipinski definition) is 5. The van der Waals surface area contributed by atoms with Crippen molar-refractivity contribution in [2.45, 2.75) is 12.5 Å². The monoisotopic (exact) mass is 494 g/mol. The van der Waals surface area contributed by atoms with Crippen LogP contribution in [0.1, 0.15) is 11.8 Å². The van der Waals surface area contributed by atoms with Gasteiger partial charge in [-0.3, -0.25) is 14.5 Å². The first-order chi connectivity index (χ1) is 14.3. The summed E-state index contributed by atoms with van der Waals surface area (Å²) in [6, 6.07) is 9.28. The van der Waals surface area contributed by atoms with Gasteiger partial charge in [0.05, 0.1) is 3.79 Å². The van der Waals surface area contributed by atoms with Crippen LogP contribution in [0.4, 0.5) is 14.9 Å². The normalized spacial score (nSPS) is 21.9. The van der Waals surface area contributed by atoms with E-state index in [2.05, 4.69) is 26.1 Å². The molecular formula is C20H20BrFN4O3S. The number of benzene rings is 1. The molecule has 3 heterocycles. The lowest BCUT2D eigenvalue weighted by Crippen LogP contribution is -2.52. The molecule has 7 nitrogen and oxygen atoms in total. The van der Waals surface area contributed by atoms with E-state index in [9.17, 15) is 18.8 Å². The number of carbonyl (C=O) groups excluding carboxylic acids is 3. The van der Waals surface area contributed by atoms with Crippen molar-refractivity contribution in [1.82, 2.24) is 15.1 Å². The molecule has 0 saturated carbocycles. The molecule has 2 fully saturated rings. The quantitative estimate of drug-likeness (QED) is 0.663. The molecule has 0 spiro atoms. The number of nitrogens with one attached hydrogen (secondary N) is 1. The van der Waals surface area contributed by atoms with Crippen LogP contribution in [0.25, 0.3) is 0 Å². The highest BCUT2D eigenvalue weighted by molar-refractivity contribution is 9.11. The maximum atomic E-state index is 13.1. The minimum absolute atomic E-state index is 0.270. The van der Waals surface area contributed by atoms with Gasteiger partial charge in [0.1, 0.15) is 12.4 Å². The number of anilines is 1. The van der Waals surface area contributed by atoms with Gasteiger partial charge in [-0.2, -0.15) is 0 Å². The number of thiophene rings is 1. The third-order valence-corrected chi connectivity index (χ3v) is 7.30. The second kappa shape index (κ2) is 7.99. The zero-order chi connectivity index (χ0) is 21.5. The Kier molecular flexibility index (Phi) is 5.54. The van der Waals surface area contributed by atoms with Crippen molar-refractivity contribution in [3.8, 4) is 0 Å². The number of carbonyl (C=O) groups is 3. The standard InChI is InChI=1S/C20H20BrFN4O3S/c1-20(15-6-7-16(21)30-15)18(28)26(19(29)23-20)12-17(27)25-10-8-24(9-11-25)14-4-2-13(22)3-5-14/h2-7H,8-12H2,1H3,(H,23,29). The molecule has 2 aliphatic rings. The first-order valence-corrected chi connectivity index (χ1v) is 11.1. The second-order valence-electron chi connectivity index (χ2n) is 7.39. The summed E-state index contributed by atoms with van der Waals surface area (Å²) in [6.45, 7) is 3.49. The number of imide groups is 1. The molecule has 1 unspecified atom stereocenters. The van der Waals surface area contributed by atoms with E-state index in [0.717, 1.165) is 14.4 Å². The molecular weight excluding hydrogens is 475 g/mol. The number of piperazine rings is 1. The van der Waals surface area contributed by atoms with Crippen molar-refractivity contribution in [3.05, 3.63) is 50.9 Å². The Morgan fingerprint density at radius 1 is 1.13 bits per heavy atom. The number of rotatable bonds is 4. The van der Waals surface area contributed by atoms with Gasteiger partial charge in [0.15, 0.2) is 5.54 Å². The van der Waals surface area contributed by atoms with Gasteiger partial charge in [-0.15, -0.1) is 11.3 Å². The summed E-state index contributed by atoms with van der Waals surface area (Å²) in [5.74, 6) is -0.989. The average Bonchev–Trinajstić information content (AvgIpc) is 3.26. The van der Waals surface area contributed by atoms with E-state index in [4.69, 9.17) is 0 Å². The van der Waals surface area contributed by atoms with E-state index in [1.165, 1.54) is 23.5 Å². The Hall–Kier alpha value is -2.46. The van der Waals surface area contributed by atoms with Crippen molar-refractivity contribution in [1.29, 1.82) is 0 Å². The number of nitrogens with zero attached hydrogens (tertiary/aromatic N) is 3. The predicted octanol–water partition coefficient (Wildman–Crippen LogP) is 2.77. The van der Waals surface area contributed by atoms with E-state index in [-0.39, 0.29) is 18.3 Å². The fourth-order valence-electron chi connectivity index (χ4n) is 3.69. The van der Waals surface area contributed by atoms with Gasteiger partial charge in [-0.25, -0.2) is 9.18 Å². The lowest BCUT2D eigenvalue weighted by atomic mass is 10.0. The van der Waals surface area contributed by atoms with Crippen LogP contribution < -0.4 is 10.2 Å². The van der Waals surface area contributed by atoms with E-state index >= 15 is 0 Å². The van der Waals surface area contributed by atoms with E-state index < -0.39 is 17.5 Å². The molecule has 1 atom stereocenters. The van der Waals surface area contributed by atoms with Gasteiger partial charge >= 0.3 is 6.03 Å². The molecule has 1 aromatic carbocycles. The summed E-state index contributed by atoms with van der Waals surface area (Å²) in [5.41, 5.74) is -0.273. The largest absolute Gasteiger partial charge is 0.368 e. The summed E-state index contributed by atoms with van der Waals surface area (Å²) >= 11 is 4.74. The summed E-state index contributed by atoms with van der Waals surface area (Å²) in [4.78, 5) is 43.6. The highest BCUT2D eigenvalue weighted by Crippen LogP contribution is 2.35. The van der Waals surface area contributed by atoms with Crippen LogP contribution in [0.2, 0.25) is 0 Å². The van der Waals surface area contributed by atoms with Crippen LogP contribution in [-0.2, 0) is 15.1 Å². The van der Waals surface area contributed by atoms with Crippen LogP contribution in [0.15, 0.2) is 40.2 Å². The minimum Gasteiger partial charge on any atom is -0.368 e. The van der Waals surface area contributed by atoms with Gasteiger partial charge < -0.3 is 15.1 Å². The highest BCUT2D eigenvalue weighted by Gasteiger charge is 2.50. The van der Waals surface area contributed by atoms with E-state index in [1.807, 2.05) is 6.07 Å². The van der Waals surface area contributed by atoms with Gasteiger partial charge in [0.25, 0.3) is 5.91 Å². The third-order valence-electron chi connectivity index (χ3n) is 5.46. The lowest BCUT2D eigenvalue weighted by Gasteiger charge is -2.36. The maximum absolute atomic E-state index is 13.1. The number of amides is 4. The molecule has 0 aliphatic carbocycles. The molecule has 30 heavy (non-hydrogen) atoms. The third kappa shape index (κ3) is 3.81. The number of halogens is 2. The number of urea groups is 1. The SMILES string of the molecule is CC1(c2ccc(Br)s2)NC(=O)N(CC(=O)N2CCN(c3ccc(F)cc3)CC2)C1=O. The average molecular weight is 495 g/mol. The fourth-order valence-corrected chi connectivity index (χ4v) is 5.17. The van der Waals surface area contributed by atoms with Crippen molar-refractivity contribution >= 4 is 50.8 Å². The Balaban J connectivity index is 1.38. The van der Waals surface area contributed by atoms with Crippen LogP contribution in [0, 0.1) is 5.82 Å². The molecule has 2 saturated heterocycles. The zero-order valence-electron chi connectivity index (χ0n) is 16.2. The van der Waals surface area contributed by atoms with Crippen molar-refractivity contribution < 1.29 is 18.8 Å². The molecule has 2 aliphatic heterocycles. The smallest absolute Gasteiger partial charge is 0.325 e. The Bertz CT molecular complexity index is 990. The van der Waals surface area contributed by atoms with E-state index in [0.29, 0.717) is 31.1 Å². The van der Waals surface area contributed by atoms with Crippen molar-refractivity contribution in [3.63, 3.8) is 0 Å². The topological polar surface area (TPSA) is 73.0 Å². The minimum atomic E-state index is -1.17. The molecule has 158 valence electrons. The molecule has 4 amide bonds.